The molecule has 0 heterocycles. The smallest absolute Gasteiger partial charge is 0.220 e. The van der Waals surface area contributed by atoms with Gasteiger partial charge in [-0.15, -0.1) is 0 Å². The Balaban J connectivity index is 3.68. The van der Waals surface area contributed by atoms with Crippen LogP contribution in [0.4, 0.5) is 0 Å². The maximum Gasteiger partial charge on any atom is 0.220 e. The number of carbonyl (C=O) groups is 1. The minimum atomic E-state index is -0.428. The van der Waals surface area contributed by atoms with Crippen molar-refractivity contribution in [2.45, 2.75) is 65.0 Å². The zero-order valence-electron chi connectivity index (χ0n) is 11.4. The first-order valence-electron chi connectivity index (χ1n) is 6.71. The fraction of sp³-hybridized carbons (Fsp3) is 0.923. The summed E-state index contributed by atoms with van der Waals surface area (Å²) in [6.07, 6.45) is 3.63. The summed E-state index contributed by atoms with van der Waals surface area (Å²) < 4.78 is 0. The van der Waals surface area contributed by atoms with Crippen LogP contribution in [0.15, 0.2) is 0 Å². The van der Waals surface area contributed by atoms with Gasteiger partial charge in [0, 0.05) is 19.0 Å². The Hall–Kier alpha value is -0.610. The molecule has 2 atom stereocenters. The minimum Gasteiger partial charge on any atom is -0.391 e. The maximum atomic E-state index is 11.5. The van der Waals surface area contributed by atoms with Gasteiger partial charge in [0.25, 0.3) is 0 Å². The van der Waals surface area contributed by atoms with Gasteiger partial charge in [-0.1, -0.05) is 26.7 Å². The van der Waals surface area contributed by atoms with Crippen LogP contribution in [0.25, 0.3) is 0 Å². The van der Waals surface area contributed by atoms with E-state index in [4.69, 9.17) is 5.73 Å². The lowest BCUT2D eigenvalue weighted by molar-refractivity contribution is -0.121. The molecule has 0 spiro atoms. The molecule has 0 fully saturated rings. The van der Waals surface area contributed by atoms with Gasteiger partial charge in [0.05, 0.1) is 6.10 Å². The molecule has 17 heavy (non-hydrogen) atoms. The molecule has 0 aromatic heterocycles. The number of amides is 1. The van der Waals surface area contributed by atoms with Crippen LogP contribution in [0.5, 0.6) is 0 Å². The van der Waals surface area contributed by atoms with Crippen molar-refractivity contribution in [3.63, 3.8) is 0 Å². The van der Waals surface area contributed by atoms with Crippen LogP contribution >= 0.6 is 0 Å². The molecule has 4 heteroatoms. The number of hydrogen-bond acceptors (Lipinski definition) is 3. The second-order valence-corrected chi connectivity index (χ2v) is 4.82. The summed E-state index contributed by atoms with van der Waals surface area (Å²) in [5.41, 5.74) is 5.60. The van der Waals surface area contributed by atoms with E-state index >= 15 is 0 Å². The second kappa shape index (κ2) is 9.42. The molecule has 0 bridgehead atoms. The highest BCUT2D eigenvalue weighted by atomic mass is 16.3. The van der Waals surface area contributed by atoms with Crippen LogP contribution in [0.3, 0.4) is 0 Å². The van der Waals surface area contributed by atoms with Crippen molar-refractivity contribution in [2.75, 3.05) is 6.54 Å². The van der Waals surface area contributed by atoms with Gasteiger partial charge >= 0.3 is 0 Å². The van der Waals surface area contributed by atoms with Crippen LogP contribution in [-0.2, 0) is 4.79 Å². The van der Waals surface area contributed by atoms with Crippen molar-refractivity contribution >= 4 is 5.91 Å². The Morgan fingerprint density at radius 2 is 1.94 bits per heavy atom. The minimum absolute atomic E-state index is 0.00987. The molecule has 4 nitrogen and oxygen atoms in total. The monoisotopic (exact) mass is 244 g/mol. The standard InChI is InChI=1S/C13H28N2O2/c1-4-11(5-2)12(16)9-15-13(17)8-6-7-10(3)14/h10-12,16H,4-9,14H2,1-3H3,(H,15,17). The topological polar surface area (TPSA) is 75.3 Å². The predicted molar refractivity (Wildman–Crippen MR) is 70.6 cm³/mol. The predicted octanol–water partition coefficient (Wildman–Crippen LogP) is 1.42. The van der Waals surface area contributed by atoms with Gasteiger partial charge in [0.2, 0.25) is 5.91 Å². The molecule has 0 aromatic rings. The third kappa shape index (κ3) is 8.16. The Morgan fingerprint density at radius 3 is 2.41 bits per heavy atom. The van der Waals surface area contributed by atoms with Crippen molar-refractivity contribution in [1.82, 2.24) is 5.32 Å². The number of carbonyl (C=O) groups excluding carboxylic acids is 1. The van der Waals surface area contributed by atoms with E-state index in [0.717, 1.165) is 25.7 Å². The molecule has 4 N–H and O–H groups in total. The lowest BCUT2D eigenvalue weighted by Crippen LogP contribution is -2.36. The molecule has 1 amide bonds. The largest absolute Gasteiger partial charge is 0.391 e. The Kier molecular flexibility index (Phi) is 9.09. The van der Waals surface area contributed by atoms with E-state index in [2.05, 4.69) is 19.2 Å². The lowest BCUT2D eigenvalue weighted by atomic mass is 9.96. The normalized spacial score (nSPS) is 14.7. The van der Waals surface area contributed by atoms with Gasteiger partial charge in [0.15, 0.2) is 0 Å². The highest BCUT2D eigenvalue weighted by Crippen LogP contribution is 2.12. The van der Waals surface area contributed by atoms with E-state index in [1.165, 1.54) is 0 Å². The van der Waals surface area contributed by atoms with Gasteiger partial charge in [-0.2, -0.15) is 0 Å². The Morgan fingerprint density at radius 1 is 1.35 bits per heavy atom. The molecule has 0 saturated heterocycles. The zero-order valence-corrected chi connectivity index (χ0v) is 11.4. The average molecular weight is 244 g/mol. The number of nitrogens with two attached hydrogens (primary N) is 1. The Labute approximate surface area is 105 Å². The van der Waals surface area contributed by atoms with Crippen molar-refractivity contribution in [1.29, 1.82) is 0 Å². The zero-order chi connectivity index (χ0) is 13.3. The summed E-state index contributed by atoms with van der Waals surface area (Å²) in [7, 11) is 0. The molecule has 0 aromatic carbocycles. The first-order chi connectivity index (χ1) is 8.01. The number of hydrogen-bond donors (Lipinski definition) is 3. The summed E-state index contributed by atoms with van der Waals surface area (Å²) in [4.78, 5) is 11.5. The number of nitrogens with one attached hydrogen (secondary N) is 1. The van der Waals surface area contributed by atoms with Crippen molar-refractivity contribution < 1.29 is 9.90 Å². The second-order valence-electron chi connectivity index (χ2n) is 4.82. The summed E-state index contributed by atoms with van der Waals surface area (Å²) >= 11 is 0. The first-order valence-corrected chi connectivity index (χ1v) is 6.71. The number of rotatable bonds is 9. The molecular weight excluding hydrogens is 216 g/mol. The molecule has 0 rings (SSSR count). The first kappa shape index (κ1) is 16.4. The van der Waals surface area contributed by atoms with Crippen LogP contribution in [0.1, 0.15) is 52.9 Å². The summed E-state index contributed by atoms with van der Waals surface area (Å²) in [6, 6.07) is 0.151. The SMILES string of the molecule is CCC(CC)C(O)CNC(=O)CCCC(C)N. The van der Waals surface area contributed by atoms with Crippen molar-refractivity contribution in [3.05, 3.63) is 0 Å². The number of aliphatic hydroxyl groups excluding tert-OH is 1. The lowest BCUT2D eigenvalue weighted by Gasteiger charge is -2.20. The fourth-order valence-electron chi connectivity index (χ4n) is 1.89. The van der Waals surface area contributed by atoms with Gasteiger partial charge in [0.1, 0.15) is 0 Å². The quantitative estimate of drug-likeness (QED) is 0.574. The van der Waals surface area contributed by atoms with E-state index < -0.39 is 6.10 Å². The highest BCUT2D eigenvalue weighted by Gasteiger charge is 2.15. The molecule has 0 aliphatic heterocycles. The Bertz CT molecular complexity index is 204. The molecule has 0 saturated carbocycles. The molecule has 0 aliphatic carbocycles. The van der Waals surface area contributed by atoms with Crippen molar-refractivity contribution in [3.8, 4) is 0 Å². The van der Waals surface area contributed by atoms with Crippen LogP contribution in [0.2, 0.25) is 0 Å². The molecule has 0 aliphatic rings. The highest BCUT2D eigenvalue weighted by molar-refractivity contribution is 5.75. The van der Waals surface area contributed by atoms with Gasteiger partial charge < -0.3 is 16.2 Å². The van der Waals surface area contributed by atoms with E-state index in [9.17, 15) is 9.90 Å². The van der Waals surface area contributed by atoms with Gasteiger partial charge in [-0.25, -0.2) is 0 Å². The van der Waals surface area contributed by atoms with Gasteiger partial charge in [-0.3, -0.25) is 4.79 Å². The molecular formula is C13H28N2O2. The molecule has 102 valence electrons. The van der Waals surface area contributed by atoms with E-state index in [0.29, 0.717) is 13.0 Å². The maximum absolute atomic E-state index is 11.5. The molecule has 2 unspecified atom stereocenters. The van der Waals surface area contributed by atoms with E-state index in [1.54, 1.807) is 0 Å². The third-order valence-electron chi connectivity index (χ3n) is 3.16. The van der Waals surface area contributed by atoms with Crippen LogP contribution < -0.4 is 11.1 Å². The average Bonchev–Trinajstić information content (AvgIpc) is 2.27. The molecule has 0 radical (unpaired) electrons. The summed E-state index contributed by atoms with van der Waals surface area (Å²) in [5.74, 6) is 0.287. The summed E-state index contributed by atoms with van der Waals surface area (Å²) in [5, 5.41) is 12.6. The van der Waals surface area contributed by atoms with Gasteiger partial charge in [-0.05, 0) is 25.7 Å². The van der Waals surface area contributed by atoms with Crippen LogP contribution in [-0.4, -0.2) is 29.7 Å². The van der Waals surface area contributed by atoms with Crippen molar-refractivity contribution in [2.24, 2.45) is 11.7 Å². The van der Waals surface area contributed by atoms with E-state index in [1.807, 2.05) is 6.92 Å². The third-order valence-corrected chi connectivity index (χ3v) is 3.16. The van der Waals surface area contributed by atoms with E-state index in [-0.39, 0.29) is 17.9 Å². The van der Waals surface area contributed by atoms with Crippen LogP contribution in [0, 0.1) is 5.92 Å². The number of aliphatic hydroxyl groups is 1. The fourth-order valence-corrected chi connectivity index (χ4v) is 1.89. The summed E-state index contributed by atoms with van der Waals surface area (Å²) in [6.45, 7) is 6.42.